The van der Waals surface area contributed by atoms with Crippen LogP contribution in [0.3, 0.4) is 0 Å². The van der Waals surface area contributed by atoms with Gasteiger partial charge < -0.3 is 19.3 Å². The topological polar surface area (TPSA) is 82.1 Å². The van der Waals surface area contributed by atoms with Gasteiger partial charge in [0.05, 0.1) is 11.5 Å². The van der Waals surface area contributed by atoms with E-state index in [9.17, 15) is 14.7 Å². The molecule has 0 saturated carbocycles. The van der Waals surface area contributed by atoms with Crippen molar-refractivity contribution in [2.24, 2.45) is 22.2 Å². The van der Waals surface area contributed by atoms with Crippen LogP contribution >= 0.6 is 0 Å². The molecular weight excluding hydrogens is 540 g/mol. The Labute approximate surface area is 257 Å². The van der Waals surface area contributed by atoms with Gasteiger partial charge in [-0.25, -0.2) is 4.79 Å². The third-order valence-corrected chi connectivity index (χ3v) is 9.45. The van der Waals surface area contributed by atoms with Gasteiger partial charge in [0.2, 0.25) is 0 Å². The first-order valence-electron chi connectivity index (χ1n) is 15.2. The van der Waals surface area contributed by atoms with Crippen molar-refractivity contribution in [1.82, 2.24) is 0 Å². The molecule has 1 atom stereocenters. The van der Waals surface area contributed by atoms with Crippen LogP contribution in [-0.2, 0) is 9.53 Å². The lowest BCUT2D eigenvalue weighted by molar-refractivity contribution is -0.159. The standard InChI is InChI=1S/C37H48O6/c1-9-35(3,4)25-32(37(7,8)36(5,6)10-2)34(40)42-24-23-41-30-19-15-28(16-20-30)33(39)43-31-21-13-27(14-22-31)26-11-17-29(38)18-12-26/h11-22,32,38H,9-10,23-25H2,1-8H3. The molecule has 3 rings (SSSR count). The summed E-state index contributed by atoms with van der Waals surface area (Å²) in [6.07, 6.45) is 2.72. The Morgan fingerprint density at radius 1 is 0.721 bits per heavy atom. The molecule has 0 bridgehead atoms. The highest BCUT2D eigenvalue weighted by Crippen LogP contribution is 2.50. The van der Waals surface area contributed by atoms with E-state index < -0.39 is 5.97 Å². The van der Waals surface area contributed by atoms with Gasteiger partial charge in [0.25, 0.3) is 0 Å². The van der Waals surface area contributed by atoms with Crippen LogP contribution in [0.25, 0.3) is 11.1 Å². The van der Waals surface area contributed by atoms with Gasteiger partial charge in [0.1, 0.15) is 30.5 Å². The average Bonchev–Trinajstić information content (AvgIpc) is 2.99. The summed E-state index contributed by atoms with van der Waals surface area (Å²) in [5.74, 6) is 0.331. The Morgan fingerprint density at radius 3 is 1.79 bits per heavy atom. The summed E-state index contributed by atoms with van der Waals surface area (Å²) in [5, 5.41) is 9.47. The second-order valence-corrected chi connectivity index (χ2v) is 13.2. The van der Waals surface area contributed by atoms with Gasteiger partial charge in [-0.3, -0.25) is 4.79 Å². The number of carbonyl (C=O) groups excluding carboxylic acids is 2. The number of esters is 2. The molecule has 6 heteroatoms. The second-order valence-electron chi connectivity index (χ2n) is 13.2. The summed E-state index contributed by atoms with van der Waals surface area (Å²) in [6, 6.07) is 20.8. The minimum absolute atomic E-state index is 0.0292. The molecule has 1 N–H and O–H groups in total. The zero-order chi connectivity index (χ0) is 31.8. The number of carbonyl (C=O) groups is 2. The third kappa shape index (κ3) is 8.85. The van der Waals surface area contributed by atoms with Gasteiger partial charge in [0.15, 0.2) is 0 Å². The molecule has 0 heterocycles. The molecule has 0 spiro atoms. The highest BCUT2D eigenvalue weighted by atomic mass is 16.6. The largest absolute Gasteiger partial charge is 0.508 e. The van der Waals surface area contributed by atoms with Gasteiger partial charge in [-0.2, -0.15) is 0 Å². The zero-order valence-electron chi connectivity index (χ0n) is 27.0. The third-order valence-electron chi connectivity index (χ3n) is 9.45. The highest BCUT2D eigenvalue weighted by Gasteiger charge is 2.47. The van der Waals surface area contributed by atoms with Gasteiger partial charge in [0, 0.05) is 0 Å². The molecule has 0 aliphatic carbocycles. The van der Waals surface area contributed by atoms with E-state index in [4.69, 9.17) is 14.2 Å². The predicted molar refractivity (Wildman–Crippen MR) is 171 cm³/mol. The molecule has 1 unspecified atom stereocenters. The molecule has 3 aromatic rings. The van der Waals surface area contributed by atoms with Crippen molar-refractivity contribution in [3.05, 3.63) is 78.4 Å². The Bertz CT molecular complexity index is 1340. The summed E-state index contributed by atoms with van der Waals surface area (Å²) in [4.78, 5) is 26.1. The average molecular weight is 589 g/mol. The Kier molecular flexibility index (Phi) is 11.1. The van der Waals surface area contributed by atoms with Crippen LogP contribution in [0.4, 0.5) is 0 Å². The van der Waals surface area contributed by atoms with Gasteiger partial charge in [-0.1, -0.05) is 92.5 Å². The Hall–Kier alpha value is -3.80. The van der Waals surface area contributed by atoms with Crippen LogP contribution in [0.15, 0.2) is 72.8 Å². The van der Waals surface area contributed by atoms with Crippen molar-refractivity contribution >= 4 is 11.9 Å². The molecule has 0 radical (unpaired) electrons. The number of ether oxygens (including phenoxy) is 3. The van der Waals surface area contributed by atoms with Crippen LogP contribution < -0.4 is 9.47 Å². The number of hydrogen-bond acceptors (Lipinski definition) is 6. The van der Waals surface area contributed by atoms with Gasteiger partial charge in [-0.15, -0.1) is 0 Å². The van der Waals surface area contributed by atoms with Crippen LogP contribution in [0.5, 0.6) is 17.2 Å². The van der Waals surface area contributed by atoms with Crippen LogP contribution in [0, 0.1) is 22.2 Å². The van der Waals surface area contributed by atoms with E-state index in [2.05, 4.69) is 55.4 Å². The van der Waals surface area contributed by atoms with E-state index in [1.807, 2.05) is 24.3 Å². The Morgan fingerprint density at radius 2 is 1.26 bits per heavy atom. The molecule has 232 valence electrons. The molecule has 0 saturated heterocycles. The van der Waals surface area contributed by atoms with E-state index in [1.165, 1.54) is 0 Å². The maximum absolute atomic E-state index is 13.4. The molecule has 0 aliphatic heterocycles. The van der Waals surface area contributed by atoms with Crippen molar-refractivity contribution in [1.29, 1.82) is 0 Å². The lowest BCUT2D eigenvalue weighted by atomic mass is 9.57. The summed E-state index contributed by atoms with van der Waals surface area (Å²) >= 11 is 0. The number of rotatable bonds is 14. The fraction of sp³-hybridized carbons (Fsp3) is 0.459. The fourth-order valence-electron chi connectivity index (χ4n) is 4.88. The first-order chi connectivity index (χ1) is 20.2. The maximum atomic E-state index is 13.4. The molecular formula is C37H48O6. The van der Waals surface area contributed by atoms with E-state index >= 15 is 0 Å². The summed E-state index contributed by atoms with van der Waals surface area (Å²) in [7, 11) is 0. The number of aromatic hydroxyl groups is 1. The molecule has 0 fully saturated rings. The molecule has 0 aliphatic rings. The van der Waals surface area contributed by atoms with Gasteiger partial charge >= 0.3 is 11.9 Å². The summed E-state index contributed by atoms with van der Waals surface area (Å²) < 4.78 is 17.1. The van der Waals surface area contributed by atoms with Crippen molar-refractivity contribution in [2.75, 3.05) is 13.2 Å². The number of benzene rings is 3. The SMILES string of the molecule is CCC(C)(C)CC(C(=O)OCCOc1ccc(C(=O)Oc2ccc(-c3ccc(O)cc3)cc2)cc1)C(C)(C)C(C)(C)CC. The summed E-state index contributed by atoms with van der Waals surface area (Å²) in [6.45, 7) is 17.9. The monoisotopic (exact) mass is 588 g/mol. The van der Waals surface area contributed by atoms with E-state index in [0.717, 1.165) is 30.4 Å². The molecule has 0 aromatic heterocycles. The van der Waals surface area contributed by atoms with E-state index in [-0.39, 0.29) is 47.1 Å². The minimum Gasteiger partial charge on any atom is -0.508 e. The number of phenols is 1. The van der Waals surface area contributed by atoms with E-state index in [0.29, 0.717) is 17.1 Å². The highest BCUT2D eigenvalue weighted by molar-refractivity contribution is 5.91. The first kappa shape index (κ1) is 33.7. The number of phenolic OH excluding ortho intramolecular Hbond substituents is 1. The lowest BCUT2D eigenvalue weighted by Gasteiger charge is -2.47. The minimum atomic E-state index is -0.475. The second kappa shape index (κ2) is 14.1. The first-order valence-corrected chi connectivity index (χ1v) is 15.2. The Balaban J connectivity index is 1.53. The molecule has 0 amide bonds. The quantitative estimate of drug-likeness (QED) is 0.115. The van der Waals surface area contributed by atoms with Crippen molar-refractivity contribution < 1.29 is 28.9 Å². The maximum Gasteiger partial charge on any atom is 0.343 e. The normalized spacial score (nSPS) is 12.8. The van der Waals surface area contributed by atoms with Crippen molar-refractivity contribution in [3.8, 4) is 28.4 Å². The molecule has 6 nitrogen and oxygen atoms in total. The van der Waals surface area contributed by atoms with Crippen molar-refractivity contribution in [3.63, 3.8) is 0 Å². The molecule has 3 aromatic carbocycles. The van der Waals surface area contributed by atoms with E-state index in [1.54, 1.807) is 48.5 Å². The zero-order valence-corrected chi connectivity index (χ0v) is 27.0. The van der Waals surface area contributed by atoms with Gasteiger partial charge in [-0.05, 0) is 82.3 Å². The predicted octanol–water partition coefficient (Wildman–Crippen LogP) is 9.11. The fourth-order valence-corrected chi connectivity index (χ4v) is 4.88. The smallest absolute Gasteiger partial charge is 0.343 e. The summed E-state index contributed by atoms with van der Waals surface area (Å²) in [5.41, 5.74) is 2.04. The lowest BCUT2D eigenvalue weighted by Crippen LogP contribution is -2.45. The number of hydrogen-bond donors (Lipinski definition) is 1. The van der Waals surface area contributed by atoms with Crippen LogP contribution in [0.1, 0.15) is 85.0 Å². The molecule has 43 heavy (non-hydrogen) atoms. The van der Waals surface area contributed by atoms with Crippen molar-refractivity contribution in [2.45, 2.75) is 74.7 Å². The van der Waals surface area contributed by atoms with Crippen LogP contribution in [0.2, 0.25) is 0 Å². The van der Waals surface area contributed by atoms with Crippen LogP contribution in [-0.4, -0.2) is 30.3 Å².